The van der Waals surface area contributed by atoms with E-state index < -0.39 is 5.92 Å². The van der Waals surface area contributed by atoms with Gasteiger partial charge in [-0.2, -0.15) is 0 Å². The van der Waals surface area contributed by atoms with Gasteiger partial charge in [-0.25, -0.2) is 0 Å². The maximum Gasteiger partial charge on any atom is 0.250 e. The number of hydrogen-bond acceptors (Lipinski definition) is 3. The van der Waals surface area contributed by atoms with Crippen LogP contribution in [0, 0.1) is 12.8 Å². The van der Waals surface area contributed by atoms with Gasteiger partial charge in [-0.3, -0.25) is 14.4 Å². The molecule has 1 N–H and O–H groups in total. The van der Waals surface area contributed by atoms with Crippen molar-refractivity contribution in [1.82, 2.24) is 4.57 Å². The molecule has 7 heteroatoms. The van der Waals surface area contributed by atoms with Gasteiger partial charge in [-0.15, -0.1) is 0 Å². The number of hydrogen-bond donors (Lipinski definition) is 1. The van der Waals surface area contributed by atoms with E-state index in [1.54, 1.807) is 21.7 Å². The SMILES string of the molecule is Cc1cc(N2CC(C(=O)Nc3ccc(Cn4ccccc4=O)cc3)CC2=O)ccc1Br. The zero-order chi connectivity index (χ0) is 22.0. The number of anilines is 2. The molecule has 1 unspecified atom stereocenters. The Kier molecular flexibility index (Phi) is 6.04. The molecule has 0 radical (unpaired) electrons. The summed E-state index contributed by atoms with van der Waals surface area (Å²) in [5.74, 6) is -0.624. The maximum atomic E-state index is 12.7. The van der Waals surface area contributed by atoms with Gasteiger partial charge in [-0.05, 0) is 54.4 Å². The molecular weight excluding hydrogens is 458 g/mol. The van der Waals surface area contributed by atoms with E-state index in [0.717, 1.165) is 21.3 Å². The largest absolute Gasteiger partial charge is 0.326 e. The van der Waals surface area contributed by atoms with Crippen molar-refractivity contribution in [3.63, 3.8) is 0 Å². The molecule has 1 fully saturated rings. The predicted octanol–water partition coefficient (Wildman–Crippen LogP) is 3.96. The van der Waals surface area contributed by atoms with Gasteiger partial charge in [0.25, 0.3) is 5.56 Å². The molecule has 1 aliphatic rings. The van der Waals surface area contributed by atoms with Crippen LogP contribution >= 0.6 is 15.9 Å². The highest BCUT2D eigenvalue weighted by molar-refractivity contribution is 9.10. The Hall–Kier alpha value is -3.19. The summed E-state index contributed by atoms with van der Waals surface area (Å²) >= 11 is 3.47. The van der Waals surface area contributed by atoms with Gasteiger partial charge >= 0.3 is 0 Å². The van der Waals surface area contributed by atoms with Gasteiger partial charge in [0.05, 0.1) is 12.5 Å². The predicted molar refractivity (Wildman–Crippen MR) is 124 cm³/mol. The van der Waals surface area contributed by atoms with Crippen LogP contribution in [0.4, 0.5) is 11.4 Å². The summed E-state index contributed by atoms with van der Waals surface area (Å²) in [6, 6.07) is 18.2. The van der Waals surface area contributed by atoms with E-state index in [9.17, 15) is 14.4 Å². The van der Waals surface area contributed by atoms with Crippen molar-refractivity contribution in [2.45, 2.75) is 19.9 Å². The van der Waals surface area contributed by atoms with Crippen LogP contribution in [0.3, 0.4) is 0 Å². The van der Waals surface area contributed by atoms with Gasteiger partial charge in [0.1, 0.15) is 0 Å². The molecule has 2 heterocycles. The van der Waals surface area contributed by atoms with Crippen LogP contribution in [0.15, 0.2) is 76.1 Å². The zero-order valence-corrected chi connectivity index (χ0v) is 18.6. The molecule has 0 saturated carbocycles. The van der Waals surface area contributed by atoms with Gasteiger partial charge in [0.2, 0.25) is 11.8 Å². The zero-order valence-electron chi connectivity index (χ0n) is 17.0. The first-order chi connectivity index (χ1) is 14.9. The molecule has 1 aliphatic heterocycles. The van der Waals surface area contributed by atoms with Gasteiger partial charge < -0.3 is 14.8 Å². The second kappa shape index (κ2) is 8.89. The highest BCUT2D eigenvalue weighted by atomic mass is 79.9. The van der Waals surface area contributed by atoms with Crippen molar-refractivity contribution in [3.05, 3.63) is 92.8 Å². The van der Waals surface area contributed by atoms with Crippen LogP contribution in [0.2, 0.25) is 0 Å². The molecule has 0 spiro atoms. The van der Waals surface area contributed by atoms with Crippen molar-refractivity contribution < 1.29 is 9.59 Å². The Morgan fingerprint density at radius 1 is 1.10 bits per heavy atom. The number of benzene rings is 2. The molecule has 1 saturated heterocycles. The fraction of sp³-hybridized carbons (Fsp3) is 0.208. The second-order valence-electron chi connectivity index (χ2n) is 7.69. The molecular formula is C24H22BrN3O3. The number of aryl methyl sites for hydroxylation is 1. The lowest BCUT2D eigenvalue weighted by Crippen LogP contribution is -2.28. The van der Waals surface area contributed by atoms with Crippen molar-refractivity contribution in [2.75, 3.05) is 16.8 Å². The Morgan fingerprint density at radius 3 is 2.58 bits per heavy atom. The summed E-state index contributed by atoms with van der Waals surface area (Å²) in [5.41, 5.74) is 3.41. The molecule has 2 amide bonds. The summed E-state index contributed by atoms with van der Waals surface area (Å²) in [7, 11) is 0. The lowest BCUT2D eigenvalue weighted by Gasteiger charge is -2.18. The van der Waals surface area contributed by atoms with E-state index in [1.807, 2.05) is 55.5 Å². The molecule has 3 aromatic rings. The van der Waals surface area contributed by atoms with Crippen LogP contribution in [-0.2, 0) is 16.1 Å². The van der Waals surface area contributed by atoms with E-state index in [0.29, 0.717) is 18.8 Å². The fourth-order valence-corrected chi connectivity index (χ4v) is 3.90. The van der Waals surface area contributed by atoms with Crippen molar-refractivity contribution in [2.24, 2.45) is 5.92 Å². The molecule has 0 bridgehead atoms. The van der Waals surface area contributed by atoms with Crippen molar-refractivity contribution in [3.8, 4) is 0 Å². The van der Waals surface area contributed by atoms with Gasteiger partial charge in [-0.1, -0.05) is 34.1 Å². The highest BCUT2D eigenvalue weighted by Gasteiger charge is 2.35. The van der Waals surface area contributed by atoms with Crippen LogP contribution in [0.25, 0.3) is 0 Å². The summed E-state index contributed by atoms with van der Waals surface area (Å²) < 4.78 is 2.61. The standard InChI is InChI=1S/C24H22BrN3O3/c1-16-12-20(9-10-21(16)25)28-15-18(13-23(28)30)24(31)26-19-7-5-17(6-8-19)14-27-11-3-2-4-22(27)29/h2-12,18H,13-15H2,1H3,(H,26,31). The number of carbonyl (C=O) groups is 2. The molecule has 6 nitrogen and oxygen atoms in total. The topological polar surface area (TPSA) is 71.4 Å². The number of pyridine rings is 1. The summed E-state index contributed by atoms with van der Waals surface area (Å²) in [6.07, 6.45) is 1.93. The maximum absolute atomic E-state index is 12.7. The third kappa shape index (κ3) is 4.77. The van der Waals surface area contributed by atoms with Crippen LogP contribution in [0.5, 0.6) is 0 Å². The third-order valence-electron chi connectivity index (χ3n) is 5.42. The van der Waals surface area contributed by atoms with E-state index in [1.165, 1.54) is 6.07 Å². The monoisotopic (exact) mass is 479 g/mol. The Morgan fingerprint density at radius 2 is 1.87 bits per heavy atom. The first-order valence-corrected chi connectivity index (χ1v) is 10.8. The summed E-state index contributed by atoms with van der Waals surface area (Å²) in [4.78, 5) is 38.7. The number of nitrogens with zero attached hydrogens (tertiary/aromatic N) is 2. The lowest BCUT2D eigenvalue weighted by molar-refractivity contribution is -0.122. The quantitative estimate of drug-likeness (QED) is 0.601. The Labute approximate surface area is 188 Å². The normalized spacial score (nSPS) is 15.9. The minimum atomic E-state index is -0.404. The Bertz CT molecular complexity index is 1190. The Balaban J connectivity index is 1.39. The molecule has 1 aromatic heterocycles. The number of aromatic nitrogens is 1. The van der Waals surface area contributed by atoms with Crippen molar-refractivity contribution in [1.29, 1.82) is 0 Å². The highest BCUT2D eigenvalue weighted by Crippen LogP contribution is 2.29. The van der Waals surface area contributed by atoms with Crippen molar-refractivity contribution >= 4 is 39.1 Å². The van der Waals surface area contributed by atoms with E-state index in [4.69, 9.17) is 0 Å². The average molecular weight is 480 g/mol. The third-order valence-corrected chi connectivity index (χ3v) is 6.31. The smallest absolute Gasteiger partial charge is 0.250 e. The molecule has 158 valence electrons. The minimum absolute atomic E-state index is 0.0504. The summed E-state index contributed by atoms with van der Waals surface area (Å²) in [6.45, 7) is 2.80. The first kappa shape index (κ1) is 21.1. The van der Waals surface area contributed by atoms with E-state index in [-0.39, 0.29) is 23.8 Å². The molecule has 31 heavy (non-hydrogen) atoms. The number of rotatable bonds is 5. The first-order valence-electron chi connectivity index (χ1n) is 10.0. The van der Waals surface area contributed by atoms with Gasteiger partial charge in [0, 0.05) is 41.1 Å². The number of nitrogens with one attached hydrogen (secondary N) is 1. The van der Waals surface area contributed by atoms with E-state index in [2.05, 4.69) is 21.2 Å². The molecule has 4 rings (SSSR count). The molecule has 1 atom stereocenters. The van der Waals surface area contributed by atoms with Crippen LogP contribution in [0.1, 0.15) is 17.5 Å². The van der Waals surface area contributed by atoms with Crippen LogP contribution in [-0.4, -0.2) is 22.9 Å². The van der Waals surface area contributed by atoms with Gasteiger partial charge in [0.15, 0.2) is 0 Å². The van der Waals surface area contributed by atoms with Crippen LogP contribution < -0.4 is 15.8 Å². The average Bonchev–Trinajstić information content (AvgIpc) is 3.15. The van der Waals surface area contributed by atoms with E-state index >= 15 is 0 Å². The summed E-state index contributed by atoms with van der Waals surface area (Å²) in [5, 5.41) is 2.91. The lowest BCUT2D eigenvalue weighted by atomic mass is 10.1. The number of halogens is 1. The molecule has 2 aromatic carbocycles. The minimum Gasteiger partial charge on any atom is -0.326 e. The fourth-order valence-electron chi connectivity index (χ4n) is 3.66. The number of amides is 2. The molecule has 0 aliphatic carbocycles. The number of carbonyl (C=O) groups excluding carboxylic acids is 2. The second-order valence-corrected chi connectivity index (χ2v) is 8.55.